The van der Waals surface area contributed by atoms with Crippen LogP contribution in [0.25, 0.3) is 0 Å². The number of carbonyl (C=O) groups is 2. The molecule has 0 N–H and O–H groups in total. The smallest absolute Gasteiger partial charge is 0.209 e. The quantitative estimate of drug-likeness (QED) is 0.766. The molecule has 0 spiro atoms. The summed E-state index contributed by atoms with van der Waals surface area (Å²) in [4.78, 5) is 23.4. The second kappa shape index (κ2) is 4.39. The van der Waals surface area contributed by atoms with Crippen LogP contribution in [0.1, 0.15) is 34.1 Å². The van der Waals surface area contributed by atoms with Crippen molar-refractivity contribution < 1.29 is 14.7 Å². The van der Waals surface area contributed by atoms with Crippen LogP contribution in [0.5, 0.6) is 0 Å². The van der Waals surface area contributed by atoms with Crippen LogP contribution in [0.3, 0.4) is 0 Å². The molecule has 0 unspecified atom stereocenters. The monoisotopic (exact) mass is 254 g/mol. The van der Waals surface area contributed by atoms with Crippen molar-refractivity contribution >= 4 is 11.8 Å². The van der Waals surface area contributed by atoms with Gasteiger partial charge in [-0.2, -0.15) is 0 Å². The van der Waals surface area contributed by atoms with Crippen molar-refractivity contribution in [2.75, 3.05) is 0 Å². The minimum atomic E-state index is -1.07. The minimum absolute atomic E-state index is 0.0779. The molecular weight excluding hydrogens is 242 g/mol. The molecule has 2 heterocycles. The van der Waals surface area contributed by atoms with Gasteiger partial charge >= 0.3 is 0 Å². The fourth-order valence-corrected chi connectivity index (χ4v) is 2.62. The lowest BCUT2D eigenvalue weighted by molar-refractivity contribution is -0.307. The predicted molar refractivity (Wildman–Crippen MR) is 66.7 cm³/mol. The Bertz CT molecular complexity index is 643. The number of ketones is 1. The van der Waals surface area contributed by atoms with Crippen LogP contribution < -0.4 is 5.11 Å². The standard InChI is InChI=1S/C15H13NO3/c17-14(10-4-2-1-3-5-10)13-7-6-12-11(15(18)19)8-9-16(12)13/h1-7,11H,8-9H2,(H,18,19)/p-1/t11-/m1/s1. The van der Waals surface area contributed by atoms with Crippen molar-refractivity contribution in [2.24, 2.45) is 0 Å². The number of aromatic nitrogens is 1. The lowest BCUT2D eigenvalue weighted by Crippen LogP contribution is -2.28. The Kier molecular flexibility index (Phi) is 2.71. The molecule has 4 heteroatoms. The van der Waals surface area contributed by atoms with E-state index in [1.54, 1.807) is 28.8 Å². The van der Waals surface area contributed by atoms with Gasteiger partial charge in [-0.15, -0.1) is 0 Å². The molecule has 0 saturated heterocycles. The van der Waals surface area contributed by atoms with E-state index in [2.05, 4.69) is 0 Å². The van der Waals surface area contributed by atoms with E-state index in [4.69, 9.17) is 0 Å². The second-order valence-electron chi connectivity index (χ2n) is 4.65. The van der Waals surface area contributed by atoms with Crippen LogP contribution in [0.15, 0.2) is 42.5 Å². The van der Waals surface area contributed by atoms with Gasteiger partial charge in [0.2, 0.25) is 5.78 Å². The molecule has 0 bridgehead atoms. The fraction of sp³-hybridized carbons (Fsp3) is 0.200. The normalized spacial score (nSPS) is 17.2. The maximum atomic E-state index is 12.4. The largest absolute Gasteiger partial charge is 0.549 e. The van der Waals surface area contributed by atoms with Gasteiger partial charge in [-0.25, -0.2) is 0 Å². The van der Waals surface area contributed by atoms with Gasteiger partial charge in [-0.3, -0.25) is 4.79 Å². The molecule has 1 atom stereocenters. The van der Waals surface area contributed by atoms with Gasteiger partial charge < -0.3 is 14.5 Å². The lowest BCUT2D eigenvalue weighted by Gasteiger charge is -2.09. The van der Waals surface area contributed by atoms with Crippen molar-refractivity contribution in [3.63, 3.8) is 0 Å². The Morgan fingerprint density at radius 3 is 2.53 bits per heavy atom. The number of hydrogen-bond acceptors (Lipinski definition) is 3. The number of carboxylic acids is 1. The van der Waals surface area contributed by atoms with E-state index in [0.29, 0.717) is 29.9 Å². The number of fused-ring (bicyclic) bond motifs is 1. The molecular formula is C15H12NO3-. The van der Waals surface area contributed by atoms with Crippen LogP contribution in [-0.4, -0.2) is 16.3 Å². The SMILES string of the molecule is O=C(c1ccccc1)c1ccc2n1CC[C@H]2C(=O)[O-]. The number of carbonyl (C=O) groups excluding carboxylic acids is 2. The molecule has 1 aliphatic rings. The van der Waals surface area contributed by atoms with E-state index in [1.807, 2.05) is 18.2 Å². The molecule has 0 fully saturated rings. The van der Waals surface area contributed by atoms with E-state index in [0.717, 1.165) is 0 Å². The molecule has 1 aromatic heterocycles. The van der Waals surface area contributed by atoms with Gasteiger partial charge in [0.15, 0.2) is 0 Å². The summed E-state index contributed by atoms with van der Waals surface area (Å²) in [6, 6.07) is 12.4. The summed E-state index contributed by atoms with van der Waals surface area (Å²) in [5.74, 6) is -1.75. The van der Waals surface area contributed by atoms with Crippen molar-refractivity contribution in [1.29, 1.82) is 0 Å². The van der Waals surface area contributed by atoms with Crippen molar-refractivity contribution in [2.45, 2.75) is 18.9 Å². The van der Waals surface area contributed by atoms with E-state index < -0.39 is 11.9 Å². The van der Waals surface area contributed by atoms with Crippen molar-refractivity contribution in [3.05, 3.63) is 59.4 Å². The Balaban J connectivity index is 1.99. The highest BCUT2D eigenvalue weighted by molar-refractivity contribution is 6.08. The first-order valence-electron chi connectivity index (χ1n) is 6.18. The zero-order valence-corrected chi connectivity index (χ0v) is 10.2. The molecule has 1 aromatic carbocycles. The van der Waals surface area contributed by atoms with Crippen molar-refractivity contribution in [3.8, 4) is 0 Å². The number of carboxylic acid groups (broad SMARTS) is 1. The van der Waals surface area contributed by atoms with Gasteiger partial charge in [-0.1, -0.05) is 30.3 Å². The van der Waals surface area contributed by atoms with Gasteiger partial charge in [0, 0.05) is 23.7 Å². The van der Waals surface area contributed by atoms with E-state index >= 15 is 0 Å². The summed E-state index contributed by atoms with van der Waals surface area (Å²) in [6.07, 6.45) is 0.494. The highest BCUT2D eigenvalue weighted by Gasteiger charge is 2.27. The third-order valence-corrected chi connectivity index (χ3v) is 3.57. The highest BCUT2D eigenvalue weighted by atomic mass is 16.4. The molecule has 4 nitrogen and oxygen atoms in total. The van der Waals surface area contributed by atoms with Gasteiger partial charge in [0.05, 0.1) is 11.7 Å². The summed E-state index contributed by atoms with van der Waals surface area (Å²) in [7, 11) is 0. The first kappa shape index (κ1) is 11.7. The Hall–Kier alpha value is -2.36. The molecule has 0 aliphatic carbocycles. The molecule has 2 aromatic rings. The number of rotatable bonds is 3. The summed E-state index contributed by atoms with van der Waals surface area (Å²) >= 11 is 0. The van der Waals surface area contributed by atoms with Crippen molar-refractivity contribution in [1.82, 2.24) is 4.57 Å². The van der Waals surface area contributed by atoms with E-state index in [-0.39, 0.29) is 5.78 Å². The van der Waals surface area contributed by atoms with Crippen LogP contribution in [0, 0.1) is 0 Å². The summed E-state index contributed by atoms with van der Waals surface area (Å²) in [6.45, 7) is 0.550. The maximum Gasteiger partial charge on any atom is 0.209 e. The van der Waals surface area contributed by atoms with Crippen LogP contribution in [0.4, 0.5) is 0 Å². The van der Waals surface area contributed by atoms with Gasteiger partial charge in [0.25, 0.3) is 0 Å². The Labute approximate surface area is 110 Å². The number of hydrogen-bond donors (Lipinski definition) is 0. The molecule has 96 valence electrons. The number of nitrogens with zero attached hydrogens (tertiary/aromatic N) is 1. The first-order chi connectivity index (χ1) is 9.18. The third-order valence-electron chi connectivity index (χ3n) is 3.57. The summed E-state index contributed by atoms with van der Waals surface area (Å²) in [5, 5.41) is 11.0. The van der Waals surface area contributed by atoms with Crippen LogP contribution in [0.2, 0.25) is 0 Å². The molecule has 3 rings (SSSR count). The van der Waals surface area contributed by atoms with Gasteiger partial charge in [-0.05, 0) is 18.6 Å². The van der Waals surface area contributed by atoms with E-state index in [1.165, 1.54) is 0 Å². The topological polar surface area (TPSA) is 62.1 Å². The van der Waals surface area contributed by atoms with Crippen LogP contribution in [-0.2, 0) is 11.3 Å². The zero-order chi connectivity index (χ0) is 13.4. The Morgan fingerprint density at radius 1 is 1.11 bits per heavy atom. The molecule has 19 heavy (non-hydrogen) atoms. The summed E-state index contributed by atoms with van der Waals surface area (Å²) < 4.78 is 1.79. The average molecular weight is 254 g/mol. The summed E-state index contributed by atoms with van der Waals surface area (Å²) in [5.41, 5.74) is 1.82. The fourth-order valence-electron chi connectivity index (χ4n) is 2.62. The molecule has 0 saturated carbocycles. The van der Waals surface area contributed by atoms with E-state index in [9.17, 15) is 14.7 Å². The predicted octanol–water partition coefficient (Wildman–Crippen LogP) is 0.956. The lowest BCUT2D eigenvalue weighted by atomic mass is 10.1. The zero-order valence-electron chi connectivity index (χ0n) is 10.2. The van der Waals surface area contributed by atoms with Gasteiger partial charge in [0.1, 0.15) is 0 Å². The molecule has 1 aliphatic heterocycles. The number of benzene rings is 1. The third kappa shape index (κ3) is 1.85. The second-order valence-corrected chi connectivity index (χ2v) is 4.65. The molecule has 0 radical (unpaired) electrons. The maximum absolute atomic E-state index is 12.4. The minimum Gasteiger partial charge on any atom is -0.549 e. The average Bonchev–Trinajstić information content (AvgIpc) is 2.99. The molecule has 0 amide bonds. The highest BCUT2D eigenvalue weighted by Crippen LogP contribution is 2.30. The Morgan fingerprint density at radius 2 is 1.84 bits per heavy atom. The number of aliphatic carboxylic acids is 1. The van der Waals surface area contributed by atoms with Crippen LogP contribution >= 0.6 is 0 Å². The first-order valence-corrected chi connectivity index (χ1v) is 6.18.